The number of phenols is 1. The maximum absolute atomic E-state index is 10.8. The van der Waals surface area contributed by atoms with Crippen molar-refractivity contribution >= 4 is 29.5 Å². The van der Waals surface area contributed by atoms with Gasteiger partial charge in [0, 0.05) is 11.1 Å². The van der Waals surface area contributed by atoms with Crippen molar-refractivity contribution in [2.24, 2.45) is 16.2 Å². The van der Waals surface area contributed by atoms with Crippen molar-refractivity contribution in [2.75, 3.05) is 20.8 Å². The highest BCUT2D eigenvalue weighted by atomic mass is 35.5. The molecule has 0 aliphatic heterocycles. The molecule has 0 aromatic heterocycles. The summed E-state index contributed by atoms with van der Waals surface area (Å²) in [5.41, 5.74) is 3.61. The van der Waals surface area contributed by atoms with Crippen LogP contribution in [0.15, 0.2) is 34.1 Å². The second-order valence-corrected chi connectivity index (χ2v) is 8.20. The summed E-state index contributed by atoms with van der Waals surface area (Å²) in [6, 6.07) is 0. The van der Waals surface area contributed by atoms with E-state index in [1.54, 1.807) is 6.92 Å². The second-order valence-electron chi connectivity index (χ2n) is 7.82. The monoisotopic (exact) mass is 478 g/mol. The fourth-order valence-corrected chi connectivity index (χ4v) is 3.95. The molecule has 1 unspecified atom stereocenters. The number of benzene rings is 1. The zero-order chi connectivity index (χ0) is 24.4. The number of oxime groups is 2. The maximum atomic E-state index is 10.8. The van der Waals surface area contributed by atoms with E-state index in [2.05, 4.69) is 16.4 Å². The van der Waals surface area contributed by atoms with E-state index in [4.69, 9.17) is 31.1 Å². The van der Waals surface area contributed by atoms with E-state index in [0.29, 0.717) is 39.8 Å². The lowest BCUT2D eigenvalue weighted by atomic mass is 9.87. The quantitative estimate of drug-likeness (QED) is 0.277. The van der Waals surface area contributed by atoms with Gasteiger partial charge in [0.1, 0.15) is 18.6 Å². The number of carbonyl (C=O) groups is 1. The van der Waals surface area contributed by atoms with Crippen molar-refractivity contribution in [3.63, 3.8) is 0 Å². The Kier molecular flexibility index (Phi) is 10.3. The molecule has 0 bridgehead atoms. The lowest BCUT2D eigenvalue weighted by Gasteiger charge is -2.19. The number of halogens is 1. The van der Waals surface area contributed by atoms with Gasteiger partial charge in [-0.3, -0.25) is 0 Å². The van der Waals surface area contributed by atoms with Crippen LogP contribution in [0.5, 0.6) is 11.5 Å². The smallest absolute Gasteiger partial charge is 0.344 e. The fraction of sp³-hybridized carbons (Fsp3) is 0.458. The number of rotatable bonds is 10. The number of hydrogen-bond donors (Lipinski definition) is 2. The number of aromatic hydroxyl groups is 1. The molecule has 9 heteroatoms. The molecule has 0 saturated heterocycles. The van der Waals surface area contributed by atoms with Crippen molar-refractivity contribution in [1.29, 1.82) is 0 Å². The summed E-state index contributed by atoms with van der Waals surface area (Å²) in [5, 5.41) is 27.6. The van der Waals surface area contributed by atoms with Crippen molar-refractivity contribution in [2.45, 2.75) is 46.0 Å². The predicted molar refractivity (Wildman–Crippen MR) is 129 cm³/mol. The average Bonchev–Trinajstić information content (AvgIpc) is 2.79. The molecule has 1 aromatic carbocycles. The largest absolute Gasteiger partial charge is 0.507 e. The zero-order valence-corrected chi connectivity index (χ0v) is 20.2. The van der Waals surface area contributed by atoms with Crippen LogP contribution in [0.1, 0.15) is 49.3 Å². The van der Waals surface area contributed by atoms with Crippen molar-refractivity contribution in [3.05, 3.63) is 45.5 Å². The molecule has 2 rings (SSSR count). The summed E-state index contributed by atoms with van der Waals surface area (Å²) < 4.78 is 5.47. The standard InChI is InChI=1S/C24H31ClN2O6/c1-15(8-10-17-6-5-7-18(12-17)27-33-14-21(28)29)9-11-19-23(30)20(13-26-32-4)16(2)22(25)24(19)31-3/h8-10,13,17,30H,5-7,11-12,14H2,1-4H3,(H,28,29)/b10-8+,15-9+,26-13+,27-18+. The molecule has 1 fully saturated rings. The molecule has 0 spiro atoms. The van der Waals surface area contributed by atoms with E-state index < -0.39 is 12.6 Å². The Morgan fingerprint density at radius 3 is 2.76 bits per heavy atom. The molecule has 0 radical (unpaired) electrons. The number of methoxy groups -OCH3 is 1. The third kappa shape index (κ3) is 7.53. The Morgan fingerprint density at radius 1 is 1.33 bits per heavy atom. The minimum Gasteiger partial charge on any atom is -0.507 e. The van der Waals surface area contributed by atoms with Crippen LogP contribution in [0.4, 0.5) is 0 Å². The summed E-state index contributed by atoms with van der Waals surface area (Å²) in [6.07, 6.45) is 11.6. The molecule has 1 atom stereocenters. The maximum Gasteiger partial charge on any atom is 0.344 e. The fourth-order valence-electron chi connectivity index (χ4n) is 3.65. The Balaban J connectivity index is 2.14. The van der Waals surface area contributed by atoms with E-state index in [1.165, 1.54) is 20.4 Å². The normalized spacial score (nSPS) is 18.3. The first-order valence-corrected chi connectivity index (χ1v) is 11.0. The van der Waals surface area contributed by atoms with E-state index in [0.717, 1.165) is 37.0 Å². The number of allylic oxidation sites excluding steroid dienone is 4. The first kappa shape index (κ1) is 26.3. The van der Waals surface area contributed by atoms with Gasteiger partial charge in [-0.2, -0.15) is 0 Å². The average molecular weight is 479 g/mol. The zero-order valence-electron chi connectivity index (χ0n) is 19.4. The first-order chi connectivity index (χ1) is 15.8. The van der Waals surface area contributed by atoms with E-state index >= 15 is 0 Å². The number of ether oxygens (including phenoxy) is 1. The molecule has 1 saturated carbocycles. The summed E-state index contributed by atoms with van der Waals surface area (Å²) in [6.45, 7) is 3.34. The Labute approximate surface area is 199 Å². The van der Waals surface area contributed by atoms with Gasteiger partial charge in [-0.1, -0.05) is 45.7 Å². The van der Waals surface area contributed by atoms with Gasteiger partial charge in [0.05, 0.1) is 24.1 Å². The van der Waals surface area contributed by atoms with Crippen molar-refractivity contribution in [1.82, 2.24) is 0 Å². The number of aliphatic carboxylic acids is 1. The molecule has 8 nitrogen and oxygen atoms in total. The molecule has 1 aliphatic rings. The van der Waals surface area contributed by atoms with E-state index in [9.17, 15) is 9.90 Å². The molecule has 33 heavy (non-hydrogen) atoms. The van der Waals surface area contributed by atoms with Gasteiger partial charge in [0.25, 0.3) is 0 Å². The van der Waals surface area contributed by atoms with E-state index in [-0.39, 0.29) is 5.75 Å². The Bertz CT molecular complexity index is 968. The Morgan fingerprint density at radius 2 is 2.09 bits per heavy atom. The van der Waals surface area contributed by atoms with Crippen LogP contribution < -0.4 is 4.74 Å². The molecule has 0 amide bonds. The summed E-state index contributed by atoms with van der Waals surface area (Å²) in [4.78, 5) is 20.2. The van der Waals surface area contributed by atoms with Crippen LogP contribution in [-0.4, -0.2) is 48.9 Å². The summed E-state index contributed by atoms with van der Waals surface area (Å²) in [7, 11) is 2.95. The Hall–Kier alpha value is -3.00. The number of phenolic OH excluding ortho intramolecular Hbond substituents is 1. The van der Waals surface area contributed by atoms with Crippen LogP contribution in [0.3, 0.4) is 0 Å². The van der Waals surface area contributed by atoms with Crippen LogP contribution in [0.2, 0.25) is 5.02 Å². The highest BCUT2D eigenvalue weighted by molar-refractivity contribution is 6.33. The van der Waals surface area contributed by atoms with Crippen LogP contribution in [-0.2, 0) is 20.9 Å². The minimum absolute atomic E-state index is 0.0528. The SMILES string of the molecule is CO/N=C/c1c(C)c(Cl)c(OC)c(C/C=C(C)/C=C/C2CCC/C(=N\OCC(=O)O)C2)c1O. The summed E-state index contributed by atoms with van der Waals surface area (Å²) >= 11 is 6.47. The first-order valence-electron chi connectivity index (χ1n) is 10.7. The summed E-state index contributed by atoms with van der Waals surface area (Å²) in [5.74, 6) is -0.244. The van der Waals surface area contributed by atoms with Gasteiger partial charge in [0.15, 0.2) is 0 Å². The molecule has 0 heterocycles. The molecule has 2 N–H and O–H groups in total. The lowest BCUT2D eigenvalue weighted by molar-refractivity contribution is -0.142. The molecule has 1 aliphatic carbocycles. The van der Waals surface area contributed by atoms with Crippen molar-refractivity contribution in [3.8, 4) is 11.5 Å². The lowest BCUT2D eigenvalue weighted by Crippen LogP contribution is -2.15. The van der Waals surface area contributed by atoms with Crippen LogP contribution in [0.25, 0.3) is 0 Å². The number of carboxylic acid groups (broad SMARTS) is 1. The van der Waals surface area contributed by atoms with Gasteiger partial charge in [-0.05, 0) is 57.4 Å². The highest BCUT2D eigenvalue weighted by Gasteiger charge is 2.20. The molecular weight excluding hydrogens is 448 g/mol. The van der Waals surface area contributed by atoms with Gasteiger partial charge in [-0.15, -0.1) is 0 Å². The molecule has 180 valence electrons. The molecular formula is C24H31ClN2O6. The topological polar surface area (TPSA) is 110 Å². The highest BCUT2D eigenvalue weighted by Crippen LogP contribution is 2.41. The third-order valence-corrected chi connectivity index (χ3v) is 5.87. The number of carboxylic acids is 1. The van der Waals surface area contributed by atoms with Crippen LogP contribution >= 0.6 is 11.6 Å². The third-order valence-electron chi connectivity index (χ3n) is 5.42. The number of nitrogens with zero attached hydrogens (tertiary/aromatic N) is 2. The van der Waals surface area contributed by atoms with E-state index in [1.807, 2.05) is 19.1 Å². The van der Waals surface area contributed by atoms with Gasteiger partial charge < -0.3 is 24.6 Å². The van der Waals surface area contributed by atoms with Gasteiger partial charge in [0.2, 0.25) is 6.61 Å². The van der Waals surface area contributed by atoms with Crippen molar-refractivity contribution < 1.29 is 29.4 Å². The van der Waals surface area contributed by atoms with Crippen LogP contribution in [0, 0.1) is 12.8 Å². The number of hydrogen-bond acceptors (Lipinski definition) is 7. The van der Waals surface area contributed by atoms with Gasteiger partial charge in [-0.25, -0.2) is 4.79 Å². The second kappa shape index (κ2) is 12.9. The predicted octanol–water partition coefficient (Wildman–Crippen LogP) is 5.04. The minimum atomic E-state index is -1.04. The molecule has 1 aromatic rings. The van der Waals surface area contributed by atoms with Gasteiger partial charge >= 0.3 is 5.97 Å².